The first-order valence-corrected chi connectivity index (χ1v) is 7.73. The van der Waals surface area contributed by atoms with Gasteiger partial charge in [-0.05, 0) is 19.9 Å². The van der Waals surface area contributed by atoms with Gasteiger partial charge >= 0.3 is 0 Å². The van der Waals surface area contributed by atoms with E-state index in [4.69, 9.17) is 4.74 Å². The summed E-state index contributed by atoms with van der Waals surface area (Å²) in [6.07, 6.45) is 1.79. The van der Waals surface area contributed by atoms with Gasteiger partial charge in [-0.3, -0.25) is 9.98 Å². The monoisotopic (exact) mass is 330 g/mol. The molecule has 2 rings (SSSR count). The molecule has 6 heteroatoms. The second-order valence-electron chi connectivity index (χ2n) is 5.42. The molecular formula is C18H23FN4O. The number of aromatic nitrogens is 1. The van der Waals surface area contributed by atoms with Crippen LogP contribution in [0.4, 0.5) is 4.39 Å². The largest absolute Gasteiger partial charge is 0.496 e. The van der Waals surface area contributed by atoms with Crippen molar-refractivity contribution in [3.8, 4) is 5.75 Å². The van der Waals surface area contributed by atoms with E-state index in [0.717, 1.165) is 22.6 Å². The van der Waals surface area contributed by atoms with Crippen molar-refractivity contribution >= 4 is 5.96 Å². The van der Waals surface area contributed by atoms with Crippen LogP contribution in [0.3, 0.4) is 0 Å². The Morgan fingerprint density at radius 3 is 2.58 bits per heavy atom. The van der Waals surface area contributed by atoms with E-state index >= 15 is 0 Å². The third kappa shape index (κ3) is 4.22. The van der Waals surface area contributed by atoms with Crippen molar-refractivity contribution in [2.75, 3.05) is 14.2 Å². The molecule has 24 heavy (non-hydrogen) atoms. The normalized spacial score (nSPS) is 11.3. The Kier molecular flexibility index (Phi) is 6.12. The minimum absolute atomic E-state index is 0.235. The number of aryl methyl sites for hydroxylation is 1. The zero-order chi connectivity index (χ0) is 17.5. The Morgan fingerprint density at radius 1 is 1.21 bits per heavy atom. The molecule has 0 spiro atoms. The van der Waals surface area contributed by atoms with Gasteiger partial charge in [-0.1, -0.05) is 18.2 Å². The zero-order valence-electron chi connectivity index (χ0n) is 14.5. The number of nitrogens with zero attached hydrogens (tertiary/aromatic N) is 2. The maximum absolute atomic E-state index is 13.6. The number of aliphatic imine (C=N–C) groups is 1. The number of ether oxygens (including phenoxy) is 1. The van der Waals surface area contributed by atoms with Crippen molar-refractivity contribution in [3.05, 3.63) is 58.7 Å². The number of halogens is 1. The third-order valence-corrected chi connectivity index (χ3v) is 3.80. The molecule has 0 unspecified atom stereocenters. The number of guanidine groups is 1. The van der Waals surface area contributed by atoms with E-state index in [2.05, 4.69) is 20.6 Å². The Hall–Kier alpha value is -2.63. The quantitative estimate of drug-likeness (QED) is 0.654. The van der Waals surface area contributed by atoms with E-state index in [0.29, 0.717) is 24.6 Å². The van der Waals surface area contributed by atoms with Crippen LogP contribution in [-0.4, -0.2) is 25.1 Å². The fourth-order valence-electron chi connectivity index (χ4n) is 2.46. The minimum atomic E-state index is -0.235. The van der Waals surface area contributed by atoms with Gasteiger partial charge in [0.2, 0.25) is 0 Å². The summed E-state index contributed by atoms with van der Waals surface area (Å²) in [4.78, 5) is 8.59. The van der Waals surface area contributed by atoms with E-state index < -0.39 is 0 Å². The van der Waals surface area contributed by atoms with Crippen LogP contribution in [0.5, 0.6) is 5.75 Å². The molecule has 5 nitrogen and oxygen atoms in total. The first kappa shape index (κ1) is 17.7. The molecule has 0 amide bonds. The van der Waals surface area contributed by atoms with E-state index in [1.165, 1.54) is 6.07 Å². The molecule has 0 saturated heterocycles. The maximum Gasteiger partial charge on any atom is 0.191 e. The lowest BCUT2D eigenvalue weighted by Crippen LogP contribution is -2.36. The van der Waals surface area contributed by atoms with Gasteiger partial charge in [0.1, 0.15) is 11.6 Å². The van der Waals surface area contributed by atoms with Crippen LogP contribution in [0, 0.1) is 19.7 Å². The molecule has 0 aliphatic rings. The molecule has 0 atom stereocenters. The highest BCUT2D eigenvalue weighted by molar-refractivity contribution is 5.79. The number of rotatable bonds is 5. The predicted molar refractivity (Wildman–Crippen MR) is 93.7 cm³/mol. The molecule has 0 saturated carbocycles. The predicted octanol–water partition coefficient (Wildman–Crippen LogP) is 2.71. The number of pyridine rings is 1. The number of hydrogen-bond donors (Lipinski definition) is 2. The summed E-state index contributed by atoms with van der Waals surface area (Å²) in [5, 5.41) is 6.28. The summed E-state index contributed by atoms with van der Waals surface area (Å²) in [6.45, 7) is 4.80. The summed E-state index contributed by atoms with van der Waals surface area (Å²) < 4.78 is 19.1. The van der Waals surface area contributed by atoms with Crippen LogP contribution in [0.1, 0.15) is 22.4 Å². The van der Waals surface area contributed by atoms with Gasteiger partial charge in [0.25, 0.3) is 0 Å². The molecule has 2 aromatic rings. The van der Waals surface area contributed by atoms with Crippen molar-refractivity contribution < 1.29 is 9.13 Å². The highest BCUT2D eigenvalue weighted by Gasteiger charge is 2.10. The Balaban J connectivity index is 1.98. The molecule has 1 aromatic carbocycles. The third-order valence-electron chi connectivity index (χ3n) is 3.80. The molecule has 0 aliphatic carbocycles. The number of hydrogen-bond acceptors (Lipinski definition) is 3. The summed E-state index contributed by atoms with van der Waals surface area (Å²) in [7, 11) is 3.33. The van der Waals surface area contributed by atoms with Gasteiger partial charge in [0.05, 0.1) is 19.3 Å². The molecule has 0 fully saturated rings. The van der Waals surface area contributed by atoms with E-state index in [1.807, 2.05) is 19.9 Å². The van der Waals surface area contributed by atoms with Gasteiger partial charge in [-0.2, -0.15) is 0 Å². The average molecular weight is 330 g/mol. The Morgan fingerprint density at radius 2 is 1.92 bits per heavy atom. The highest BCUT2D eigenvalue weighted by Crippen LogP contribution is 2.23. The topological polar surface area (TPSA) is 58.5 Å². The van der Waals surface area contributed by atoms with Gasteiger partial charge in [0, 0.05) is 36.5 Å². The van der Waals surface area contributed by atoms with Crippen molar-refractivity contribution in [2.24, 2.45) is 4.99 Å². The summed E-state index contributed by atoms with van der Waals surface area (Å²) in [6, 6.07) is 6.67. The SMILES string of the molecule is CN=C(NCc1ccccc1F)NCc1ncc(C)c(OC)c1C. The first-order chi connectivity index (χ1) is 11.6. The number of methoxy groups -OCH3 is 1. The molecular weight excluding hydrogens is 307 g/mol. The minimum Gasteiger partial charge on any atom is -0.496 e. The highest BCUT2D eigenvalue weighted by atomic mass is 19.1. The van der Waals surface area contributed by atoms with Crippen LogP contribution >= 0.6 is 0 Å². The lowest BCUT2D eigenvalue weighted by atomic mass is 10.1. The molecule has 0 bridgehead atoms. The van der Waals surface area contributed by atoms with Crippen LogP contribution in [0.15, 0.2) is 35.5 Å². The summed E-state index contributed by atoms with van der Waals surface area (Å²) in [5.74, 6) is 1.19. The average Bonchev–Trinajstić information content (AvgIpc) is 2.58. The Labute approximate surface area is 142 Å². The van der Waals surface area contributed by atoms with E-state index in [9.17, 15) is 4.39 Å². The Bertz CT molecular complexity index is 731. The second-order valence-corrected chi connectivity index (χ2v) is 5.42. The first-order valence-electron chi connectivity index (χ1n) is 7.73. The van der Waals surface area contributed by atoms with Gasteiger partial charge in [0.15, 0.2) is 5.96 Å². The fourth-order valence-corrected chi connectivity index (χ4v) is 2.46. The van der Waals surface area contributed by atoms with E-state index in [1.54, 1.807) is 32.5 Å². The second kappa shape index (κ2) is 8.29. The van der Waals surface area contributed by atoms with Gasteiger partial charge in [-0.25, -0.2) is 4.39 Å². The lowest BCUT2D eigenvalue weighted by Gasteiger charge is -2.15. The fraction of sp³-hybridized carbons (Fsp3) is 0.333. The summed E-state index contributed by atoms with van der Waals surface area (Å²) in [5.41, 5.74) is 3.47. The number of benzene rings is 1. The van der Waals surface area contributed by atoms with Crippen molar-refractivity contribution in [1.82, 2.24) is 15.6 Å². The number of nitrogens with one attached hydrogen (secondary N) is 2. The van der Waals surface area contributed by atoms with Crippen LogP contribution in [0.2, 0.25) is 0 Å². The van der Waals surface area contributed by atoms with Gasteiger partial charge < -0.3 is 15.4 Å². The standard InChI is InChI=1S/C18H23FN4O/c1-12-9-21-16(13(2)17(12)24-4)11-23-18(20-3)22-10-14-7-5-6-8-15(14)19/h5-9H,10-11H2,1-4H3,(H2,20,22,23). The molecule has 1 aromatic heterocycles. The summed E-state index contributed by atoms with van der Waals surface area (Å²) >= 11 is 0. The van der Waals surface area contributed by atoms with Gasteiger partial charge in [-0.15, -0.1) is 0 Å². The molecule has 1 heterocycles. The molecule has 2 N–H and O–H groups in total. The maximum atomic E-state index is 13.6. The molecule has 0 radical (unpaired) electrons. The van der Waals surface area contributed by atoms with Crippen molar-refractivity contribution in [2.45, 2.75) is 26.9 Å². The zero-order valence-corrected chi connectivity index (χ0v) is 14.5. The van der Waals surface area contributed by atoms with Crippen LogP contribution in [0.25, 0.3) is 0 Å². The molecule has 0 aliphatic heterocycles. The van der Waals surface area contributed by atoms with E-state index in [-0.39, 0.29) is 5.82 Å². The van der Waals surface area contributed by atoms with Crippen LogP contribution < -0.4 is 15.4 Å². The smallest absolute Gasteiger partial charge is 0.191 e. The lowest BCUT2D eigenvalue weighted by molar-refractivity contribution is 0.406. The van der Waals surface area contributed by atoms with Crippen molar-refractivity contribution in [3.63, 3.8) is 0 Å². The van der Waals surface area contributed by atoms with Crippen LogP contribution in [-0.2, 0) is 13.1 Å². The van der Waals surface area contributed by atoms with Crippen molar-refractivity contribution in [1.29, 1.82) is 0 Å². The molecule has 128 valence electrons.